The van der Waals surface area contributed by atoms with Gasteiger partial charge in [-0.15, -0.1) is 0 Å². The molecular weight excluding hydrogens is 412 g/mol. The highest BCUT2D eigenvalue weighted by Gasteiger charge is 2.30. The molecule has 0 fully saturated rings. The van der Waals surface area contributed by atoms with Crippen molar-refractivity contribution in [2.45, 2.75) is 48.7 Å². The number of hydrogen-bond acceptors (Lipinski definition) is 14. The number of rotatable bonds is 12. The fourth-order valence-electron chi connectivity index (χ4n) is 1.43. The Morgan fingerprint density at radius 2 is 1.14 bits per heavy atom. The summed E-state index contributed by atoms with van der Waals surface area (Å²) in [7, 11) is -4.76. The van der Waals surface area contributed by atoms with Gasteiger partial charge < -0.3 is 56.8 Å². The van der Waals surface area contributed by atoms with Crippen molar-refractivity contribution in [2.75, 3.05) is 13.2 Å². The normalized spacial score (nSPS) is 20.4. The molecule has 0 rings (SSSR count). The lowest BCUT2D eigenvalue weighted by Gasteiger charge is -2.23. The van der Waals surface area contributed by atoms with Gasteiger partial charge in [0.05, 0.1) is 25.3 Å². The van der Waals surface area contributed by atoms with Crippen LogP contribution in [0.25, 0.3) is 0 Å². The average molecular weight is 438 g/mol. The molecule has 12 N–H and O–H groups in total. The van der Waals surface area contributed by atoms with Crippen molar-refractivity contribution in [1.29, 1.82) is 0 Å². The zero-order valence-corrected chi connectivity index (χ0v) is 15.2. The molecule has 0 spiro atoms. The minimum absolute atomic E-state index is 0.143. The number of carbonyl (C=O) groups excluding carboxylic acids is 2. The predicted molar refractivity (Wildman–Crippen MR) is 88.7 cm³/mol. The molecule has 0 saturated carbocycles. The first-order chi connectivity index (χ1) is 12.7. The Bertz CT molecular complexity index is 548. The number of nitrogens with two attached hydrogens (primary N) is 2. The first-order valence-corrected chi connectivity index (χ1v) is 8.82. The van der Waals surface area contributed by atoms with Crippen LogP contribution in [-0.4, -0.2) is 123 Å². The zero-order valence-electron chi connectivity index (χ0n) is 14.4. The number of carbonyl (C=O) groups is 2. The highest BCUT2D eigenvalue weighted by Crippen LogP contribution is 2.04. The second kappa shape index (κ2) is 13.9. The fraction of sp³-hybridized carbons (Fsp3) is 0.833. The molecule has 0 bridgehead atoms. The summed E-state index contributed by atoms with van der Waals surface area (Å²) in [5.41, 5.74) is 10.1. The van der Waals surface area contributed by atoms with Crippen LogP contribution in [0.4, 0.5) is 0 Å². The van der Waals surface area contributed by atoms with Crippen LogP contribution in [0.15, 0.2) is 0 Å². The van der Waals surface area contributed by atoms with Gasteiger partial charge in [-0.05, 0) is 0 Å². The molecule has 0 radical (unpaired) electrons. The maximum Gasteiger partial charge on any atom is 0.397 e. The number of aldehydes is 2. The molecule has 0 unspecified atom stereocenters. The monoisotopic (exact) mass is 438 g/mol. The molecule has 15 nitrogen and oxygen atoms in total. The Labute approximate surface area is 159 Å². The van der Waals surface area contributed by atoms with Gasteiger partial charge in [-0.2, -0.15) is 8.42 Å². The first-order valence-electron chi connectivity index (χ1n) is 7.46. The second-order valence-corrected chi connectivity index (χ2v) is 6.51. The smallest absolute Gasteiger partial charge is 0.394 e. The number of aliphatic hydroxyl groups excluding tert-OH is 7. The third-order valence-corrected chi connectivity index (χ3v) is 3.60. The summed E-state index contributed by atoms with van der Waals surface area (Å²) >= 11 is 0. The summed E-state index contributed by atoms with van der Waals surface area (Å²) in [4.78, 5) is 20.2. The molecule has 168 valence electrons. The minimum Gasteiger partial charge on any atom is -0.394 e. The Balaban J connectivity index is 0. The lowest BCUT2D eigenvalue weighted by molar-refractivity contribution is -0.118. The van der Waals surface area contributed by atoms with Gasteiger partial charge in [0.1, 0.15) is 49.2 Å². The van der Waals surface area contributed by atoms with Gasteiger partial charge in [0.15, 0.2) is 0 Å². The van der Waals surface area contributed by atoms with Crippen molar-refractivity contribution in [3.05, 3.63) is 0 Å². The summed E-state index contributed by atoms with van der Waals surface area (Å²) in [5, 5.41) is 62.6. The van der Waals surface area contributed by atoms with Crippen molar-refractivity contribution in [3.63, 3.8) is 0 Å². The van der Waals surface area contributed by atoms with Gasteiger partial charge in [0.2, 0.25) is 0 Å². The Kier molecular flexibility index (Phi) is 14.5. The van der Waals surface area contributed by atoms with Gasteiger partial charge in [0.25, 0.3) is 0 Å². The van der Waals surface area contributed by atoms with Crippen LogP contribution in [0.2, 0.25) is 0 Å². The van der Waals surface area contributed by atoms with E-state index in [1.54, 1.807) is 0 Å². The standard InChI is InChI=1S/C6H13NO8S.C6H13NO5/c7-3(1-8)5(10)6(11)4(9)2-15-16(12,13)14;7-3(1-8)5(11)6(12)4(10)2-9/h1,3-6,9-11H,2,7H2,(H,12,13,14);1,3-6,9-12H,2,7H2/t2*3-,4+,5+,6+/m00/s1. The Morgan fingerprint density at radius 3 is 1.43 bits per heavy atom. The lowest BCUT2D eigenvalue weighted by Crippen LogP contribution is -2.50. The molecule has 0 aliphatic rings. The fourth-order valence-corrected chi connectivity index (χ4v) is 1.75. The summed E-state index contributed by atoms with van der Waals surface area (Å²) in [6.07, 6.45) is -9.78. The van der Waals surface area contributed by atoms with E-state index >= 15 is 0 Å². The average Bonchev–Trinajstić information content (AvgIpc) is 2.67. The highest BCUT2D eigenvalue weighted by molar-refractivity contribution is 7.80. The van der Waals surface area contributed by atoms with Crippen LogP contribution < -0.4 is 11.5 Å². The summed E-state index contributed by atoms with van der Waals surface area (Å²) < 4.78 is 32.1. The van der Waals surface area contributed by atoms with Crippen molar-refractivity contribution >= 4 is 23.0 Å². The van der Waals surface area contributed by atoms with E-state index in [1.165, 1.54) is 0 Å². The molecule has 8 atom stereocenters. The van der Waals surface area contributed by atoms with Gasteiger partial charge in [-0.1, -0.05) is 0 Å². The van der Waals surface area contributed by atoms with E-state index in [0.29, 0.717) is 0 Å². The first kappa shape index (κ1) is 29.1. The van der Waals surface area contributed by atoms with Crippen LogP contribution in [0.3, 0.4) is 0 Å². The number of hydrogen-bond donors (Lipinski definition) is 10. The largest absolute Gasteiger partial charge is 0.397 e. The maximum atomic E-state index is 10.1. The van der Waals surface area contributed by atoms with E-state index in [-0.39, 0.29) is 12.6 Å². The van der Waals surface area contributed by atoms with Crippen LogP contribution in [0.5, 0.6) is 0 Å². The predicted octanol–water partition coefficient (Wildman–Crippen LogP) is -7.00. The van der Waals surface area contributed by atoms with Crippen LogP contribution in [-0.2, 0) is 24.2 Å². The molecule has 0 aromatic heterocycles. The van der Waals surface area contributed by atoms with Crippen LogP contribution in [0.1, 0.15) is 0 Å². The molecule has 0 aromatic rings. The number of aliphatic hydroxyl groups is 7. The third-order valence-electron chi connectivity index (χ3n) is 3.17. The minimum atomic E-state index is -4.76. The van der Waals surface area contributed by atoms with Crippen molar-refractivity contribution in [2.24, 2.45) is 11.5 Å². The van der Waals surface area contributed by atoms with E-state index < -0.39 is 72.3 Å². The molecular formula is C12H26N2O13S. The molecule has 0 aromatic carbocycles. The molecule has 0 heterocycles. The zero-order chi connectivity index (χ0) is 22.7. The van der Waals surface area contributed by atoms with Gasteiger partial charge in [0, 0.05) is 0 Å². The van der Waals surface area contributed by atoms with E-state index in [0.717, 1.165) is 0 Å². The molecule has 0 saturated heterocycles. The van der Waals surface area contributed by atoms with E-state index in [4.69, 9.17) is 46.7 Å². The van der Waals surface area contributed by atoms with Crippen LogP contribution in [0, 0.1) is 0 Å². The highest BCUT2D eigenvalue weighted by atomic mass is 32.3. The Hall–Kier alpha value is -1.15. The lowest BCUT2D eigenvalue weighted by atomic mass is 10.0. The van der Waals surface area contributed by atoms with Crippen molar-refractivity contribution in [1.82, 2.24) is 0 Å². The molecule has 0 amide bonds. The molecule has 16 heteroatoms. The SMILES string of the molecule is N[C@@H](C=O)[C@@H](O)[C@H](O)[C@H](O)CO.N[C@@H](C=O)[C@@H](O)[C@H](O)[C@H](O)COS(=O)(=O)O. The van der Waals surface area contributed by atoms with E-state index in [9.17, 15) is 23.1 Å². The summed E-state index contributed by atoms with van der Waals surface area (Å²) in [5.74, 6) is 0. The van der Waals surface area contributed by atoms with Crippen LogP contribution >= 0.6 is 0 Å². The summed E-state index contributed by atoms with van der Waals surface area (Å²) in [6.45, 7) is -1.69. The molecule has 0 aliphatic carbocycles. The van der Waals surface area contributed by atoms with Gasteiger partial charge in [-0.25, -0.2) is 4.18 Å². The summed E-state index contributed by atoms with van der Waals surface area (Å²) in [6, 6.07) is -2.70. The third kappa shape index (κ3) is 11.6. The van der Waals surface area contributed by atoms with Gasteiger partial charge >= 0.3 is 10.4 Å². The van der Waals surface area contributed by atoms with Gasteiger partial charge in [-0.3, -0.25) is 4.55 Å². The Morgan fingerprint density at radius 1 is 0.786 bits per heavy atom. The van der Waals surface area contributed by atoms with Crippen molar-refractivity contribution in [3.8, 4) is 0 Å². The molecule has 28 heavy (non-hydrogen) atoms. The van der Waals surface area contributed by atoms with E-state index in [1.807, 2.05) is 0 Å². The topological polar surface area (TPSA) is 291 Å². The van der Waals surface area contributed by atoms with E-state index in [2.05, 4.69) is 4.18 Å². The quantitative estimate of drug-likeness (QED) is 0.0999. The molecule has 0 aliphatic heterocycles. The second-order valence-electron chi connectivity index (χ2n) is 5.42. The van der Waals surface area contributed by atoms with Crippen molar-refractivity contribution < 1.29 is 62.5 Å². The maximum absolute atomic E-state index is 10.1.